The minimum atomic E-state index is -0.748. The summed E-state index contributed by atoms with van der Waals surface area (Å²) < 4.78 is 27.4. The molecule has 0 N–H and O–H groups in total. The van der Waals surface area contributed by atoms with E-state index in [1.54, 1.807) is 0 Å². The van der Waals surface area contributed by atoms with E-state index in [1.807, 2.05) is 0 Å². The van der Waals surface area contributed by atoms with Gasteiger partial charge in [0.2, 0.25) is 0 Å². The fourth-order valence-electron chi connectivity index (χ4n) is 1.67. The van der Waals surface area contributed by atoms with Crippen LogP contribution in [0.3, 0.4) is 0 Å². The standard InChI is InChI=1S/C14H8BrClF2O/c15-11-5-4-9(17)6-8(11)7-13(19)10-2-1-3-12(16)14(10)18/h1-6H,7H2. The van der Waals surface area contributed by atoms with E-state index in [9.17, 15) is 13.6 Å². The van der Waals surface area contributed by atoms with Crippen LogP contribution in [0.5, 0.6) is 0 Å². The van der Waals surface area contributed by atoms with E-state index in [0.29, 0.717) is 10.0 Å². The second-order valence-corrected chi connectivity index (χ2v) is 5.20. The molecule has 0 aromatic heterocycles. The van der Waals surface area contributed by atoms with E-state index in [2.05, 4.69) is 15.9 Å². The Morgan fingerprint density at radius 2 is 1.95 bits per heavy atom. The molecule has 19 heavy (non-hydrogen) atoms. The minimum Gasteiger partial charge on any atom is -0.294 e. The smallest absolute Gasteiger partial charge is 0.170 e. The van der Waals surface area contributed by atoms with Crippen LogP contribution in [-0.2, 0) is 6.42 Å². The maximum Gasteiger partial charge on any atom is 0.170 e. The van der Waals surface area contributed by atoms with Gasteiger partial charge in [-0.05, 0) is 35.9 Å². The Bertz CT molecular complexity index is 643. The predicted octanol–water partition coefficient (Wildman–Crippen LogP) is 4.81. The van der Waals surface area contributed by atoms with Gasteiger partial charge in [0.05, 0.1) is 10.6 Å². The molecule has 0 amide bonds. The van der Waals surface area contributed by atoms with Crippen LogP contribution in [-0.4, -0.2) is 5.78 Å². The topological polar surface area (TPSA) is 17.1 Å². The number of carbonyl (C=O) groups is 1. The molecule has 5 heteroatoms. The first-order valence-corrected chi connectivity index (χ1v) is 6.57. The monoisotopic (exact) mass is 344 g/mol. The van der Waals surface area contributed by atoms with Gasteiger partial charge < -0.3 is 0 Å². The Morgan fingerprint density at radius 3 is 2.68 bits per heavy atom. The molecular weight excluding hydrogens is 338 g/mol. The Hall–Kier alpha value is -1.26. The van der Waals surface area contributed by atoms with Crippen molar-refractivity contribution in [2.75, 3.05) is 0 Å². The number of carbonyl (C=O) groups excluding carboxylic acids is 1. The van der Waals surface area contributed by atoms with Crippen LogP contribution in [0.2, 0.25) is 5.02 Å². The van der Waals surface area contributed by atoms with Gasteiger partial charge in [0.15, 0.2) is 11.6 Å². The van der Waals surface area contributed by atoms with E-state index < -0.39 is 17.4 Å². The zero-order chi connectivity index (χ0) is 14.0. The number of benzene rings is 2. The van der Waals surface area contributed by atoms with Gasteiger partial charge in [-0.1, -0.05) is 33.6 Å². The highest BCUT2D eigenvalue weighted by Gasteiger charge is 2.16. The third kappa shape index (κ3) is 3.19. The van der Waals surface area contributed by atoms with Crippen molar-refractivity contribution in [1.29, 1.82) is 0 Å². The molecule has 0 aliphatic carbocycles. The van der Waals surface area contributed by atoms with E-state index in [-0.39, 0.29) is 17.0 Å². The SMILES string of the molecule is O=C(Cc1cc(F)ccc1Br)c1cccc(Cl)c1F. The molecule has 0 saturated heterocycles. The molecule has 0 bridgehead atoms. The summed E-state index contributed by atoms with van der Waals surface area (Å²) in [5.74, 6) is -1.65. The number of halogens is 4. The van der Waals surface area contributed by atoms with Crippen LogP contribution in [0.15, 0.2) is 40.9 Å². The van der Waals surface area contributed by atoms with Crippen LogP contribution in [0.1, 0.15) is 15.9 Å². The molecule has 0 aliphatic rings. The fraction of sp³-hybridized carbons (Fsp3) is 0.0714. The van der Waals surface area contributed by atoms with Crippen molar-refractivity contribution in [3.63, 3.8) is 0 Å². The van der Waals surface area contributed by atoms with Crippen LogP contribution in [0.25, 0.3) is 0 Å². The molecule has 0 radical (unpaired) electrons. The second-order valence-electron chi connectivity index (χ2n) is 3.94. The Balaban J connectivity index is 2.31. The highest BCUT2D eigenvalue weighted by Crippen LogP contribution is 2.23. The lowest BCUT2D eigenvalue weighted by atomic mass is 10.0. The predicted molar refractivity (Wildman–Crippen MR) is 73.5 cm³/mol. The molecule has 1 nitrogen and oxygen atoms in total. The Labute approximate surface area is 122 Å². The van der Waals surface area contributed by atoms with E-state index in [4.69, 9.17) is 11.6 Å². The summed E-state index contributed by atoms with van der Waals surface area (Å²) in [6.07, 6.45) is -0.102. The van der Waals surface area contributed by atoms with E-state index in [1.165, 1.54) is 36.4 Å². The zero-order valence-corrected chi connectivity index (χ0v) is 11.9. The van der Waals surface area contributed by atoms with Crippen molar-refractivity contribution >= 4 is 33.3 Å². The number of hydrogen-bond acceptors (Lipinski definition) is 1. The number of rotatable bonds is 3. The average molecular weight is 346 g/mol. The lowest BCUT2D eigenvalue weighted by Gasteiger charge is -2.06. The van der Waals surface area contributed by atoms with Crippen molar-refractivity contribution in [2.24, 2.45) is 0 Å². The van der Waals surface area contributed by atoms with Gasteiger partial charge in [-0.2, -0.15) is 0 Å². The number of hydrogen-bond donors (Lipinski definition) is 0. The summed E-state index contributed by atoms with van der Waals surface area (Å²) >= 11 is 8.85. The van der Waals surface area contributed by atoms with Gasteiger partial charge in [-0.15, -0.1) is 0 Å². The van der Waals surface area contributed by atoms with Crippen LogP contribution in [0, 0.1) is 11.6 Å². The zero-order valence-electron chi connectivity index (χ0n) is 9.59. The van der Waals surface area contributed by atoms with Gasteiger partial charge in [0.1, 0.15) is 5.82 Å². The quantitative estimate of drug-likeness (QED) is 0.730. The van der Waals surface area contributed by atoms with Crippen LogP contribution in [0.4, 0.5) is 8.78 Å². The second kappa shape index (κ2) is 5.80. The summed E-state index contributed by atoms with van der Waals surface area (Å²) in [6, 6.07) is 8.25. The molecule has 0 aliphatic heterocycles. The fourth-order valence-corrected chi connectivity index (χ4v) is 2.23. The summed E-state index contributed by atoms with van der Waals surface area (Å²) in [4.78, 5) is 12.0. The molecule has 0 spiro atoms. The highest BCUT2D eigenvalue weighted by atomic mass is 79.9. The maximum absolute atomic E-state index is 13.7. The van der Waals surface area contributed by atoms with Crippen LogP contribution < -0.4 is 0 Å². The molecule has 2 rings (SSSR count). The first-order chi connectivity index (χ1) is 8.99. The summed E-state index contributed by atoms with van der Waals surface area (Å²) in [5, 5.41) is -0.107. The van der Waals surface area contributed by atoms with Gasteiger partial charge in [0, 0.05) is 10.9 Å². The molecule has 0 saturated carbocycles. The van der Waals surface area contributed by atoms with Crippen molar-refractivity contribution in [3.05, 3.63) is 68.7 Å². The molecule has 0 atom stereocenters. The molecule has 0 heterocycles. The van der Waals surface area contributed by atoms with Crippen molar-refractivity contribution in [2.45, 2.75) is 6.42 Å². The first kappa shape index (κ1) is 14.2. The highest BCUT2D eigenvalue weighted by molar-refractivity contribution is 9.10. The number of Topliss-reactive ketones (excluding diaryl/α,β-unsaturated/α-hetero) is 1. The molecule has 2 aromatic rings. The van der Waals surface area contributed by atoms with Crippen molar-refractivity contribution in [3.8, 4) is 0 Å². The largest absolute Gasteiger partial charge is 0.294 e. The molecular formula is C14H8BrClF2O. The number of ketones is 1. The van der Waals surface area contributed by atoms with Gasteiger partial charge >= 0.3 is 0 Å². The third-order valence-corrected chi connectivity index (χ3v) is 3.68. The lowest BCUT2D eigenvalue weighted by molar-refractivity contribution is 0.0989. The van der Waals surface area contributed by atoms with Gasteiger partial charge in [-0.25, -0.2) is 8.78 Å². The summed E-state index contributed by atoms with van der Waals surface area (Å²) in [6.45, 7) is 0. The molecule has 0 fully saturated rings. The molecule has 0 unspecified atom stereocenters. The van der Waals surface area contributed by atoms with Crippen molar-refractivity contribution in [1.82, 2.24) is 0 Å². The Morgan fingerprint density at radius 1 is 1.21 bits per heavy atom. The Kier molecular flexibility index (Phi) is 4.32. The van der Waals surface area contributed by atoms with Crippen LogP contribution >= 0.6 is 27.5 Å². The average Bonchev–Trinajstić information content (AvgIpc) is 2.37. The maximum atomic E-state index is 13.7. The van der Waals surface area contributed by atoms with E-state index in [0.717, 1.165) is 0 Å². The third-order valence-electron chi connectivity index (χ3n) is 2.61. The lowest BCUT2D eigenvalue weighted by Crippen LogP contribution is -2.07. The van der Waals surface area contributed by atoms with Gasteiger partial charge in [-0.3, -0.25) is 4.79 Å². The van der Waals surface area contributed by atoms with Gasteiger partial charge in [0.25, 0.3) is 0 Å². The van der Waals surface area contributed by atoms with E-state index >= 15 is 0 Å². The van der Waals surface area contributed by atoms with Crippen molar-refractivity contribution < 1.29 is 13.6 Å². The summed E-state index contributed by atoms with van der Waals surface area (Å²) in [7, 11) is 0. The molecule has 2 aromatic carbocycles. The molecule has 98 valence electrons. The first-order valence-electron chi connectivity index (χ1n) is 5.40. The normalized spacial score (nSPS) is 10.5. The summed E-state index contributed by atoms with van der Waals surface area (Å²) in [5.41, 5.74) is 0.369. The minimum absolute atomic E-state index is 0.0938.